The van der Waals surface area contributed by atoms with Gasteiger partial charge >= 0.3 is 0 Å². The van der Waals surface area contributed by atoms with Gasteiger partial charge in [-0.25, -0.2) is 0 Å². The van der Waals surface area contributed by atoms with Crippen molar-refractivity contribution in [1.29, 1.82) is 0 Å². The smallest absolute Gasteiger partial charge is 0.269 e. The predicted molar refractivity (Wildman–Crippen MR) is 90.7 cm³/mol. The normalized spacial score (nSPS) is 12.6. The van der Waals surface area contributed by atoms with Crippen LogP contribution in [-0.4, -0.2) is 22.5 Å². The van der Waals surface area contributed by atoms with E-state index in [1.807, 2.05) is 29.2 Å². The third-order valence-corrected chi connectivity index (χ3v) is 4.02. The van der Waals surface area contributed by atoms with E-state index in [9.17, 15) is 14.9 Å². The number of nitrogens with one attached hydrogen (secondary N) is 1. The van der Waals surface area contributed by atoms with Crippen LogP contribution in [-0.2, 0) is 6.42 Å². The number of anilines is 1. The number of carbonyl (C=O) groups excluding carboxylic acids is 1. The van der Waals surface area contributed by atoms with Crippen LogP contribution in [0.2, 0.25) is 0 Å². The maximum atomic E-state index is 12.2. The van der Waals surface area contributed by atoms with Gasteiger partial charge in [-0.05, 0) is 42.4 Å². The van der Waals surface area contributed by atoms with Crippen LogP contribution < -0.4 is 10.2 Å². The number of non-ortho nitro benzene ring substituents is 1. The molecule has 0 fully saturated rings. The average molecular weight is 327 g/mol. The molecule has 3 rings (SSSR count). The van der Waals surface area contributed by atoms with Crippen molar-refractivity contribution in [3.8, 4) is 0 Å². The largest absolute Gasteiger partial charge is 0.318 e. The molecular weight excluding hydrogens is 314 g/mol. The van der Waals surface area contributed by atoms with E-state index in [0.717, 1.165) is 18.7 Å². The Labute approximate surface area is 137 Å². The maximum Gasteiger partial charge on any atom is 0.269 e. The second-order valence-corrected chi connectivity index (χ2v) is 5.48. The lowest BCUT2D eigenvalue weighted by Gasteiger charge is -2.20. The van der Waals surface area contributed by atoms with Crippen molar-refractivity contribution < 1.29 is 9.72 Å². The SMILES string of the molecule is O=C(NC(=S)N1CCc2ccccc21)c1ccc([N+](=O)[O-])cc1. The topological polar surface area (TPSA) is 75.5 Å². The Kier molecular flexibility index (Phi) is 4.03. The highest BCUT2D eigenvalue weighted by molar-refractivity contribution is 7.80. The van der Waals surface area contributed by atoms with Crippen LogP contribution in [0.3, 0.4) is 0 Å². The molecule has 1 aliphatic heterocycles. The number of thiocarbonyl (C=S) groups is 1. The van der Waals surface area contributed by atoms with Crippen molar-refractivity contribution in [2.45, 2.75) is 6.42 Å². The van der Waals surface area contributed by atoms with Crippen LogP contribution in [0.15, 0.2) is 48.5 Å². The van der Waals surface area contributed by atoms with Gasteiger partial charge in [0.25, 0.3) is 11.6 Å². The van der Waals surface area contributed by atoms with Crippen molar-refractivity contribution in [3.05, 3.63) is 69.8 Å². The van der Waals surface area contributed by atoms with Crippen molar-refractivity contribution >= 4 is 34.6 Å². The summed E-state index contributed by atoms with van der Waals surface area (Å²) >= 11 is 5.32. The summed E-state index contributed by atoms with van der Waals surface area (Å²) in [5, 5.41) is 13.6. The van der Waals surface area contributed by atoms with Crippen molar-refractivity contribution in [2.75, 3.05) is 11.4 Å². The summed E-state index contributed by atoms with van der Waals surface area (Å²) in [5.41, 5.74) is 2.46. The van der Waals surface area contributed by atoms with Gasteiger partial charge in [0, 0.05) is 29.9 Å². The average Bonchev–Trinajstić information content (AvgIpc) is 2.99. The minimum absolute atomic E-state index is 0.0578. The quantitative estimate of drug-likeness (QED) is 0.521. The fourth-order valence-corrected chi connectivity index (χ4v) is 2.80. The monoisotopic (exact) mass is 327 g/mol. The van der Waals surface area contributed by atoms with E-state index in [1.165, 1.54) is 29.8 Å². The first-order valence-corrected chi connectivity index (χ1v) is 7.42. The summed E-state index contributed by atoms with van der Waals surface area (Å²) in [6.45, 7) is 0.721. The molecule has 0 aromatic heterocycles. The molecule has 0 saturated heterocycles. The van der Waals surface area contributed by atoms with Gasteiger partial charge in [0.05, 0.1) is 4.92 Å². The number of fused-ring (bicyclic) bond motifs is 1. The number of nitro groups is 1. The minimum atomic E-state index is -0.506. The lowest BCUT2D eigenvalue weighted by atomic mass is 10.2. The third kappa shape index (κ3) is 3.04. The summed E-state index contributed by atoms with van der Waals surface area (Å²) in [7, 11) is 0. The number of hydrogen-bond acceptors (Lipinski definition) is 4. The van der Waals surface area contributed by atoms with Gasteiger partial charge in [-0.1, -0.05) is 18.2 Å². The summed E-state index contributed by atoms with van der Waals surface area (Å²) < 4.78 is 0. The van der Waals surface area contributed by atoms with Crippen LogP contribution in [0.25, 0.3) is 0 Å². The van der Waals surface area contributed by atoms with Gasteiger partial charge in [0.1, 0.15) is 0 Å². The summed E-state index contributed by atoms with van der Waals surface area (Å²) in [6, 6.07) is 13.3. The number of nitro benzene ring substituents is 1. The molecule has 0 radical (unpaired) electrons. The molecule has 7 heteroatoms. The van der Waals surface area contributed by atoms with Crippen molar-refractivity contribution in [3.63, 3.8) is 0 Å². The number of benzene rings is 2. The second-order valence-electron chi connectivity index (χ2n) is 5.09. The molecule has 1 amide bonds. The van der Waals surface area contributed by atoms with Crippen LogP contribution in [0.5, 0.6) is 0 Å². The first kappa shape index (κ1) is 15.1. The number of nitrogens with zero attached hydrogens (tertiary/aromatic N) is 2. The Bertz CT molecular complexity index is 789. The lowest BCUT2D eigenvalue weighted by molar-refractivity contribution is -0.384. The van der Waals surface area contributed by atoms with Crippen molar-refractivity contribution in [2.24, 2.45) is 0 Å². The molecule has 116 valence electrons. The minimum Gasteiger partial charge on any atom is -0.318 e. The van der Waals surface area contributed by atoms with Gasteiger partial charge in [0.15, 0.2) is 5.11 Å². The highest BCUT2D eigenvalue weighted by atomic mass is 32.1. The van der Waals surface area contributed by atoms with E-state index in [1.54, 1.807) is 0 Å². The number of carbonyl (C=O) groups is 1. The Morgan fingerprint density at radius 2 is 1.87 bits per heavy atom. The highest BCUT2D eigenvalue weighted by Crippen LogP contribution is 2.27. The van der Waals surface area contributed by atoms with E-state index in [-0.39, 0.29) is 11.6 Å². The maximum absolute atomic E-state index is 12.2. The molecule has 6 nitrogen and oxygen atoms in total. The van der Waals surface area contributed by atoms with Crippen LogP contribution in [0.1, 0.15) is 15.9 Å². The molecule has 0 unspecified atom stereocenters. The van der Waals surface area contributed by atoms with Gasteiger partial charge in [-0.2, -0.15) is 0 Å². The molecule has 1 aliphatic rings. The molecule has 0 bridgehead atoms. The van der Waals surface area contributed by atoms with E-state index in [4.69, 9.17) is 12.2 Å². The lowest BCUT2D eigenvalue weighted by Crippen LogP contribution is -2.41. The first-order valence-electron chi connectivity index (χ1n) is 7.01. The molecule has 1 heterocycles. The fourth-order valence-electron chi connectivity index (χ4n) is 2.52. The molecule has 1 N–H and O–H groups in total. The Morgan fingerprint density at radius 1 is 1.17 bits per heavy atom. The van der Waals surface area contributed by atoms with E-state index >= 15 is 0 Å². The third-order valence-electron chi connectivity index (χ3n) is 3.69. The van der Waals surface area contributed by atoms with Crippen LogP contribution in [0, 0.1) is 10.1 Å². The van der Waals surface area contributed by atoms with Crippen LogP contribution >= 0.6 is 12.2 Å². The first-order chi connectivity index (χ1) is 11.1. The van der Waals surface area contributed by atoms with E-state index in [0.29, 0.717) is 10.7 Å². The highest BCUT2D eigenvalue weighted by Gasteiger charge is 2.23. The zero-order chi connectivity index (χ0) is 16.4. The van der Waals surface area contributed by atoms with E-state index in [2.05, 4.69) is 5.32 Å². The molecule has 2 aromatic carbocycles. The zero-order valence-corrected chi connectivity index (χ0v) is 12.9. The van der Waals surface area contributed by atoms with Gasteiger partial charge in [0.2, 0.25) is 0 Å². The Balaban J connectivity index is 1.71. The number of amides is 1. The van der Waals surface area contributed by atoms with Gasteiger partial charge in [-0.3, -0.25) is 20.2 Å². The summed E-state index contributed by atoms with van der Waals surface area (Å²) in [4.78, 5) is 24.2. The molecule has 23 heavy (non-hydrogen) atoms. The fraction of sp³-hybridized carbons (Fsp3) is 0.125. The standard InChI is InChI=1S/C16H13N3O3S/c20-15(12-5-7-13(8-6-12)19(21)22)17-16(23)18-10-9-11-3-1-2-4-14(11)18/h1-8H,9-10H2,(H,17,20,23). The Morgan fingerprint density at radius 3 is 2.57 bits per heavy atom. The van der Waals surface area contributed by atoms with E-state index < -0.39 is 4.92 Å². The molecule has 0 spiro atoms. The molecular formula is C16H13N3O3S. The predicted octanol–water partition coefficient (Wildman–Crippen LogP) is 2.67. The molecule has 0 aliphatic carbocycles. The molecule has 2 aromatic rings. The Hall–Kier alpha value is -2.80. The zero-order valence-electron chi connectivity index (χ0n) is 12.1. The number of rotatable bonds is 2. The summed E-state index contributed by atoms with van der Waals surface area (Å²) in [6.07, 6.45) is 0.879. The van der Waals surface area contributed by atoms with Gasteiger partial charge < -0.3 is 4.90 Å². The number of hydrogen-bond donors (Lipinski definition) is 1. The molecule has 0 atom stereocenters. The van der Waals surface area contributed by atoms with Crippen LogP contribution in [0.4, 0.5) is 11.4 Å². The molecule has 0 saturated carbocycles. The van der Waals surface area contributed by atoms with Crippen molar-refractivity contribution in [1.82, 2.24) is 5.32 Å². The van der Waals surface area contributed by atoms with Gasteiger partial charge in [-0.15, -0.1) is 0 Å². The second kappa shape index (κ2) is 6.13. The summed E-state index contributed by atoms with van der Waals surface area (Å²) in [5.74, 6) is -0.380. The number of para-hydroxylation sites is 1.